The van der Waals surface area contributed by atoms with Gasteiger partial charge in [-0.15, -0.1) is 0 Å². The molecule has 4 N–H and O–H groups in total. The third-order valence-electron chi connectivity index (χ3n) is 10.3. The molecule has 0 aromatic rings. The molecule has 0 bridgehead atoms. The third-order valence-corrected chi connectivity index (χ3v) is 10.3. The normalized spacial score (nSPS) is 20.8. The Labute approximate surface area is 365 Å². The van der Waals surface area contributed by atoms with Crippen LogP contribution in [-0.2, 0) is 23.7 Å². The molecule has 60 heavy (non-hydrogen) atoms. The number of allylic oxidation sites excluding steroid dienone is 14. The second-order valence-corrected chi connectivity index (χ2v) is 15.8. The summed E-state index contributed by atoms with van der Waals surface area (Å²) in [5, 5.41) is 40.2. The number of esters is 1. The Bertz CT molecular complexity index is 1190. The third kappa shape index (κ3) is 32.1. The summed E-state index contributed by atoms with van der Waals surface area (Å²) in [6.07, 6.45) is 48.9. The van der Waals surface area contributed by atoms with Gasteiger partial charge < -0.3 is 39.4 Å². The van der Waals surface area contributed by atoms with Gasteiger partial charge in [-0.1, -0.05) is 157 Å². The number of hydrogen-bond donors (Lipinski definition) is 4. The molecule has 344 valence electrons. The van der Waals surface area contributed by atoms with Crippen molar-refractivity contribution in [3.63, 3.8) is 0 Å². The maximum atomic E-state index is 12.8. The molecule has 9 nitrogen and oxygen atoms in total. The summed E-state index contributed by atoms with van der Waals surface area (Å²) in [6.45, 7) is 4.35. The molecule has 1 aliphatic heterocycles. The van der Waals surface area contributed by atoms with Gasteiger partial charge in [0.05, 0.1) is 19.8 Å². The monoisotopic (exact) mass is 843 g/mol. The standard InChI is InChI=1S/C51H86O9/c1-3-5-7-9-11-13-15-17-19-21-22-23-25-27-29-31-33-35-37-39-41-57-43-45(44-58-51-50(56)49(55)48(54)46(42-52)60-51)59-47(53)40-38-36-34-32-30-28-26-24-20-18-16-14-12-10-8-6-4-2/h6,8,11-14,17-20,22-23,26,28,45-46,48-52,54-56H,3-5,7,9-10,15-16,21,24-25,27,29-44H2,1-2H3/b8-6-,13-11-,14-12-,19-17-,20-18-,23-22-,28-26-. The number of carbonyl (C=O) groups is 1. The summed E-state index contributed by atoms with van der Waals surface area (Å²) in [7, 11) is 0. The van der Waals surface area contributed by atoms with Gasteiger partial charge in [0, 0.05) is 13.0 Å². The molecule has 1 fully saturated rings. The molecular weight excluding hydrogens is 757 g/mol. The lowest BCUT2D eigenvalue weighted by Gasteiger charge is -2.39. The smallest absolute Gasteiger partial charge is 0.306 e. The van der Waals surface area contributed by atoms with Gasteiger partial charge in [0.2, 0.25) is 0 Å². The van der Waals surface area contributed by atoms with Gasteiger partial charge in [-0.05, 0) is 89.9 Å². The summed E-state index contributed by atoms with van der Waals surface area (Å²) in [5.41, 5.74) is 0. The van der Waals surface area contributed by atoms with Crippen molar-refractivity contribution >= 4 is 5.97 Å². The number of unbranched alkanes of at least 4 members (excludes halogenated alkanes) is 14. The molecule has 0 spiro atoms. The zero-order valence-electron chi connectivity index (χ0n) is 37.7. The fraction of sp³-hybridized carbons (Fsp3) is 0.706. The molecule has 0 aliphatic carbocycles. The van der Waals surface area contributed by atoms with Crippen molar-refractivity contribution in [3.8, 4) is 0 Å². The largest absolute Gasteiger partial charge is 0.457 e. The highest BCUT2D eigenvalue weighted by atomic mass is 16.7. The van der Waals surface area contributed by atoms with Gasteiger partial charge in [-0.3, -0.25) is 4.79 Å². The van der Waals surface area contributed by atoms with Gasteiger partial charge in [0.15, 0.2) is 6.29 Å². The van der Waals surface area contributed by atoms with Gasteiger partial charge in [-0.2, -0.15) is 0 Å². The molecular formula is C51H86O9. The van der Waals surface area contributed by atoms with E-state index in [1.165, 1.54) is 51.4 Å². The van der Waals surface area contributed by atoms with Gasteiger partial charge in [-0.25, -0.2) is 0 Å². The van der Waals surface area contributed by atoms with Crippen LogP contribution in [0, 0.1) is 0 Å². The van der Waals surface area contributed by atoms with E-state index in [1.54, 1.807) is 0 Å². The second kappa shape index (κ2) is 41.7. The Kier molecular flexibility index (Phi) is 38.5. The molecule has 1 rings (SSSR count). The average Bonchev–Trinajstić information content (AvgIpc) is 3.25. The van der Waals surface area contributed by atoms with Crippen molar-refractivity contribution in [3.05, 3.63) is 85.1 Å². The topological polar surface area (TPSA) is 135 Å². The van der Waals surface area contributed by atoms with Crippen LogP contribution in [0.15, 0.2) is 85.1 Å². The first-order valence-electron chi connectivity index (χ1n) is 23.7. The van der Waals surface area contributed by atoms with E-state index in [4.69, 9.17) is 18.9 Å². The summed E-state index contributed by atoms with van der Waals surface area (Å²) >= 11 is 0. The minimum absolute atomic E-state index is 0.123. The van der Waals surface area contributed by atoms with Crippen LogP contribution in [0.4, 0.5) is 0 Å². The van der Waals surface area contributed by atoms with Crippen molar-refractivity contribution in [2.75, 3.05) is 26.4 Å². The zero-order valence-corrected chi connectivity index (χ0v) is 37.7. The number of aliphatic hydroxyl groups excluding tert-OH is 4. The number of aliphatic hydroxyl groups is 4. The number of hydrogen-bond acceptors (Lipinski definition) is 9. The Morgan fingerprint density at radius 1 is 0.550 bits per heavy atom. The SMILES string of the molecule is CC/C=C\C/C=C\C/C=C\C/C=C\CCCCCCC(=O)OC(COCCCCCCCCC/C=C\C/C=C\C/C=C\CCCCC)COC1OC(CO)C(O)C(O)C1O. The highest BCUT2D eigenvalue weighted by Gasteiger charge is 2.44. The van der Waals surface area contributed by atoms with Crippen molar-refractivity contribution in [2.24, 2.45) is 0 Å². The Morgan fingerprint density at radius 3 is 1.53 bits per heavy atom. The molecule has 0 aromatic heterocycles. The van der Waals surface area contributed by atoms with Gasteiger partial charge in [0.25, 0.3) is 0 Å². The molecule has 1 saturated heterocycles. The zero-order chi connectivity index (χ0) is 43.6. The van der Waals surface area contributed by atoms with E-state index in [0.29, 0.717) is 6.61 Å². The van der Waals surface area contributed by atoms with Gasteiger partial charge >= 0.3 is 5.97 Å². The minimum Gasteiger partial charge on any atom is -0.457 e. The van der Waals surface area contributed by atoms with Crippen molar-refractivity contribution < 1.29 is 44.2 Å². The summed E-state index contributed by atoms with van der Waals surface area (Å²) in [6, 6.07) is 0. The minimum atomic E-state index is -1.55. The maximum Gasteiger partial charge on any atom is 0.306 e. The number of rotatable bonds is 39. The molecule has 1 heterocycles. The highest BCUT2D eigenvalue weighted by Crippen LogP contribution is 2.22. The number of ether oxygens (including phenoxy) is 4. The molecule has 6 atom stereocenters. The lowest BCUT2D eigenvalue weighted by atomic mass is 9.99. The first-order valence-corrected chi connectivity index (χ1v) is 23.7. The van der Waals surface area contributed by atoms with Crippen LogP contribution in [0.25, 0.3) is 0 Å². The number of carbonyl (C=O) groups excluding carboxylic acids is 1. The molecule has 9 heteroatoms. The lowest BCUT2D eigenvalue weighted by Crippen LogP contribution is -2.59. The van der Waals surface area contributed by atoms with E-state index < -0.39 is 43.4 Å². The van der Waals surface area contributed by atoms with Crippen molar-refractivity contribution in [2.45, 2.75) is 205 Å². The van der Waals surface area contributed by atoms with Crippen LogP contribution in [0.5, 0.6) is 0 Å². The summed E-state index contributed by atoms with van der Waals surface area (Å²) < 4.78 is 22.8. The molecule has 0 saturated carbocycles. The van der Waals surface area contributed by atoms with E-state index in [2.05, 4.69) is 98.9 Å². The fourth-order valence-electron chi connectivity index (χ4n) is 6.61. The van der Waals surface area contributed by atoms with Crippen LogP contribution in [0.1, 0.15) is 168 Å². The van der Waals surface area contributed by atoms with Crippen molar-refractivity contribution in [1.29, 1.82) is 0 Å². The highest BCUT2D eigenvalue weighted by molar-refractivity contribution is 5.69. The quantitative estimate of drug-likeness (QED) is 0.0271. The van der Waals surface area contributed by atoms with E-state index in [9.17, 15) is 25.2 Å². The van der Waals surface area contributed by atoms with Gasteiger partial charge in [0.1, 0.15) is 30.5 Å². The Balaban J connectivity index is 2.28. The second-order valence-electron chi connectivity index (χ2n) is 15.8. The van der Waals surface area contributed by atoms with E-state index in [0.717, 1.165) is 96.3 Å². The van der Waals surface area contributed by atoms with E-state index >= 15 is 0 Å². The maximum absolute atomic E-state index is 12.8. The van der Waals surface area contributed by atoms with Crippen molar-refractivity contribution in [1.82, 2.24) is 0 Å². The first-order chi connectivity index (χ1) is 29.4. The fourth-order valence-corrected chi connectivity index (χ4v) is 6.61. The summed E-state index contributed by atoms with van der Waals surface area (Å²) in [5.74, 6) is -0.344. The van der Waals surface area contributed by atoms with E-state index in [-0.39, 0.29) is 25.6 Å². The Hall–Kier alpha value is -2.63. The van der Waals surface area contributed by atoms with Crippen LogP contribution >= 0.6 is 0 Å². The molecule has 0 aromatic carbocycles. The average molecular weight is 843 g/mol. The molecule has 6 unspecified atom stereocenters. The molecule has 0 radical (unpaired) electrons. The van der Waals surface area contributed by atoms with Crippen LogP contribution in [0.3, 0.4) is 0 Å². The van der Waals surface area contributed by atoms with Crippen LogP contribution in [-0.4, -0.2) is 89.6 Å². The van der Waals surface area contributed by atoms with Crippen LogP contribution < -0.4 is 0 Å². The molecule has 0 amide bonds. The lowest BCUT2D eigenvalue weighted by molar-refractivity contribution is -0.305. The first kappa shape index (κ1) is 55.4. The van der Waals surface area contributed by atoms with E-state index in [1.807, 2.05) is 0 Å². The summed E-state index contributed by atoms with van der Waals surface area (Å²) in [4.78, 5) is 12.8. The Morgan fingerprint density at radius 2 is 1.02 bits per heavy atom. The van der Waals surface area contributed by atoms with Crippen LogP contribution in [0.2, 0.25) is 0 Å². The molecule has 1 aliphatic rings. The predicted octanol–water partition coefficient (Wildman–Crippen LogP) is 11.0. The predicted molar refractivity (Wildman–Crippen MR) is 247 cm³/mol.